The van der Waals surface area contributed by atoms with Gasteiger partial charge in [0.25, 0.3) is 0 Å². The minimum atomic E-state index is -0.130. The molecular weight excluding hydrogens is 326 g/mol. The topological polar surface area (TPSA) is 54.9 Å². The zero-order valence-corrected chi connectivity index (χ0v) is 13.1. The van der Waals surface area contributed by atoms with E-state index in [0.29, 0.717) is 5.69 Å². The van der Waals surface area contributed by atoms with Gasteiger partial charge in [-0.05, 0) is 24.3 Å². The zero-order valence-electron chi connectivity index (χ0n) is 10.7. The van der Waals surface area contributed by atoms with Crippen LogP contribution in [0, 0.1) is 0 Å². The van der Waals surface area contributed by atoms with E-state index in [1.807, 2.05) is 24.3 Å². The van der Waals surface area contributed by atoms with Crippen molar-refractivity contribution < 1.29 is 4.79 Å². The average molecular weight is 336 g/mol. The van der Waals surface area contributed by atoms with Crippen LogP contribution in [0.1, 0.15) is 0 Å². The Morgan fingerprint density at radius 2 is 2.14 bits per heavy atom. The average Bonchev–Trinajstić information content (AvgIpc) is 2.90. The van der Waals surface area contributed by atoms with Crippen LogP contribution in [-0.2, 0) is 4.79 Å². The van der Waals surface area contributed by atoms with Crippen molar-refractivity contribution in [3.63, 3.8) is 0 Å². The molecule has 1 aromatic carbocycles. The van der Waals surface area contributed by atoms with E-state index in [9.17, 15) is 4.79 Å². The quantitative estimate of drug-likeness (QED) is 0.576. The standard InChI is InChI=1S/C14H10ClN3OS2/c15-13-10(5-3-7-16-13)17-12(19)8-20-14-18-9-4-1-2-6-11(9)21-14/h1-7H,8H2,(H,17,19). The molecule has 0 unspecified atom stereocenters. The lowest BCUT2D eigenvalue weighted by atomic mass is 10.3. The molecule has 21 heavy (non-hydrogen) atoms. The van der Waals surface area contributed by atoms with Crippen LogP contribution in [0.15, 0.2) is 46.9 Å². The number of carbonyl (C=O) groups is 1. The molecule has 3 aromatic rings. The number of para-hydroxylation sites is 1. The minimum Gasteiger partial charge on any atom is -0.323 e. The van der Waals surface area contributed by atoms with Crippen LogP contribution < -0.4 is 5.32 Å². The molecule has 2 heterocycles. The van der Waals surface area contributed by atoms with Gasteiger partial charge in [-0.1, -0.05) is 35.5 Å². The maximum absolute atomic E-state index is 11.9. The lowest BCUT2D eigenvalue weighted by Crippen LogP contribution is -2.14. The Morgan fingerprint density at radius 3 is 2.95 bits per heavy atom. The van der Waals surface area contributed by atoms with Crippen molar-refractivity contribution in [2.75, 3.05) is 11.1 Å². The van der Waals surface area contributed by atoms with Gasteiger partial charge >= 0.3 is 0 Å². The first kappa shape index (κ1) is 14.3. The Kier molecular flexibility index (Phi) is 4.38. The van der Waals surface area contributed by atoms with Gasteiger partial charge in [-0.15, -0.1) is 11.3 Å². The molecular formula is C14H10ClN3OS2. The highest BCUT2D eigenvalue weighted by atomic mass is 35.5. The summed E-state index contributed by atoms with van der Waals surface area (Å²) in [4.78, 5) is 20.3. The first-order chi connectivity index (χ1) is 10.2. The fourth-order valence-corrected chi connectivity index (χ4v) is 3.74. The number of carbonyl (C=O) groups excluding carboxylic acids is 1. The molecule has 1 amide bonds. The number of hydrogen-bond donors (Lipinski definition) is 1. The molecule has 0 spiro atoms. The normalized spacial score (nSPS) is 10.7. The van der Waals surface area contributed by atoms with Gasteiger partial charge in [-0.2, -0.15) is 0 Å². The number of thiazole rings is 1. The van der Waals surface area contributed by atoms with Crippen LogP contribution in [0.3, 0.4) is 0 Å². The molecule has 0 fully saturated rings. The van der Waals surface area contributed by atoms with Gasteiger partial charge < -0.3 is 5.32 Å². The van der Waals surface area contributed by atoms with Crippen LogP contribution in [0.2, 0.25) is 5.15 Å². The van der Waals surface area contributed by atoms with E-state index in [2.05, 4.69) is 15.3 Å². The molecule has 3 rings (SSSR count). The highest BCUT2D eigenvalue weighted by Crippen LogP contribution is 2.29. The molecule has 106 valence electrons. The summed E-state index contributed by atoms with van der Waals surface area (Å²) in [5.41, 5.74) is 1.48. The van der Waals surface area contributed by atoms with Crippen molar-refractivity contribution in [3.8, 4) is 0 Å². The van der Waals surface area contributed by atoms with Crippen LogP contribution in [-0.4, -0.2) is 21.6 Å². The molecule has 4 nitrogen and oxygen atoms in total. The van der Waals surface area contributed by atoms with Gasteiger partial charge in [-0.3, -0.25) is 4.79 Å². The maximum atomic E-state index is 11.9. The Morgan fingerprint density at radius 1 is 1.29 bits per heavy atom. The number of pyridine rings is 1. The summed E-state index contributed by atoms with van der Waals surface area (Å²) < 4.78 is 2.00. The molecule has 7 heteroatoms. The highest BCUT2D eigenvalue weighted by molar-refractivity contribution is 8.01. The van der Waals surface area contributed by atoms with Crippen molar-refractivity contribution in [2.45, 2.75) is 4.34 Å². The van der Waals surface area contributed by atoms with Gasteiger partial charge in [0.15, 0.2) is 9.49 Å². The number of fused-ring (bicyclic) bond motifs is 1. The zero-order chi connectivity index (χ0) is 14.7. The number of aromatic nitrogens is 2. The number of rotatable bonds is 4. The molecule has 0 radical (unpaired) electrons. The molecule has 0 atom stereocenters. The molecule has 0 aliphatic carbocycles. The number of halogens is 1. The number of nitrogens with zero attached hydrogens (tertiary/aromatic N) is 2. The van der Waals surface area contributed by atoms with Crippen LogP contribution >= 0.6 is 34.7 Å². The summed E-state index contributed by atoms with van der Waals surface area (Å²) in [6.07, 6.45) is 1.58. The summed E-state index contributed by atoms with van der Waals surface area (Å²) in [5.74, 6) is 0.152. The molecule has 1 N–H and O–H groups in total. The third-order valence-corrected chi connectivity index (χ3v) is 5.11. The summed E-state index contributed by atoms with van der Waals surface area (Å²) in [7, 11) is 0. The Bertz CT molecular complexity index is 757. The molecule has 0 bridgehead atoms. The summed E-state index contributed by atoms with van der Waals surface area (Å²) >= 11 is 8.89. The third-order valence-electron chi connectivity index (χ3n) is 2.63. The van der Waals surface area contributed by atoms with Crippen molar-refractivity contribution in [1.29, 1.82) is 0 Å². The molecule has 0 saturated heterocycles. The van der Waals surface area contributed by atoms with E-state index in [0.717, 1.165) is 14.6 Å². The Hall–Kier alpha value is -1.63. The number of benzene rings is 1. The fraction of sp³-hybridized carbons (Fsp3) is 0.0714. The van der Waals surface area contributed by atoms with E-state index in [1.54, 1.807) is 29.7 Å². The maximum Gasteiger partial charge on any atom is 0.234 e. The van der Waals surface area contributed by atoms with Crippen molar-refractivity contribution >= 4 is 56.5 Å². The number of amides is 1. The molecule has 0 aliphatic rings. The van der Waals surface area contributed by atoms with E-state index in [-0.39, 0.29) is 16.8 Å². The first-order valence-corrected chi connectivity index (χ1v) is 8.29. The highest BCUT2D eigenvalue weighted by Gasteiger charge is 2.09. The van der Waals surface area contributed by atoms with Crippen molar-refractivity contribution in [2.24, 2.45) is 0 Å². The molecule has 0 aliphatic heterocycles. The monoisotopic (exact) mass is 335 g/mol. The Labute approximate surface area is 134 Å². The van der Waals surface area contributed by atoms with Crippen molar-refractivity contribution in [1.82, 2.24) is 9.97 Å². The lowest BCUT2D eigenvalue weighted by Gasteiger charge is -2.04. The van der Waals surface area contributed by atoms with Gasteiger partial charge in [0.2, 0.25) is 5.91 Å². The molecule has 2 aromatic heterocycles. The number of thioether (sulfide) groups is 1. The smallest absolute Gasteiger partial charge is 0.234 e. The predicted octanol–water partition coefficient (Wildman–Crippen LogP) is 4.08. The van der Waals surface area contributed by atoms with Gasteiger partial charge in [0.1, 0.15) is 0 Å². The first-order valence-electron chi connectivity index (χ1n) is 6.11. The van der Waals surface area contributed by atoms with E-state index < -0.39 is 0 Å². The number of hydrogen-bond acceptors (Lipinski definition) is 5. The van der Waals surface area contributed by atoms with Gasteiger partial charge in [-0.25, -0.2) is 9.97 Å². The third kappa shape index (κ3) is 3.53. The van der Waals surface area contributed by atoms with Gasteiger partial charge in [0, 0.05) is 6.20 Å². The fourth-order valence-electron chi connectivity index (χ4n) is 1.71. The lowest BCUT2D eigenvalue weighted by molar-refractivity contribution is -0.113. The largest absolute Gasteiger partial charge is 0.323 e. The summed E-state index contributed by atoms with van der Waals surface area (Å²) in [6, 6.07) is 11.4. The van der Waals surface area contributed by atoms with Crippen LogP contribution in [0.4, 0.5) is 5.69 Å². The number of anilines is 1. The second-order valence-electron chi connectivity index (χ2n) is 4.13. The van der Waals surface area contributed by atoms with Gasteiger partial charge in [0.05, 0.1) is 21.7 Å². The van der Waals surface area contributed by atoms with E-state index in [4.69, 9.17) is 11.6 Å². The second kappa shape index (κ2) is 6.43. The van der Waals surface area contributed by atoms with E-state index in [1.165, 1.54) is 11.8 Å². The van der Waals surface area contributed by atoms with E-state index >= 15 is 0 Å². The summed E-state index contributed by atoms with van der Waals surface area (Å²) in [6.45, 7) is 0. The SMILES string of the molecule is O=C(CSc1nc2ccccc2s1)Nc1cccnc1Cl. The van der Waals surface area contributed by atoms with Crippen molar-refractivity contribution in [3.05, 3.63) is 47.7 Å². The Balaban J connectivity index is 1.62. The predicted molar refractivity (Wildman–Crippen MR) is 88.2 cm³/mol. The second-order valence-corrected chi connectivity index (χ2v) is 6.74. The minimum absolute atomic E-state index is 0.130. The molecule has 0 saturated carbocycles. The van der Waals surface area contributed by atoms with Crippen LogP contribution in [0.25, 0.3) is 10.2 Å². The summed E-state index contributed by atoms with van der Waals surface area (Å²) in [5, 5.41) is 3.02. The van der Waals surface area contributed by atoms with Crippen LogP contribution in [0.5, 0.6) is 0 Å². The number of nitrogens with one attached hydrogen (secondary N) is 1.